The number of imidazole rings is 1. The van der Waals surface area contributed by atoms with Gasteiger partial charge in [0.05, 0.1) is 16.7 Å². The van der Waals surface area contributed by atoms with Gasteiger partial charge in [-0.15, -0.1) is 11.3 Å². The number of nitrogens with one attached hydrogen (secondary N) is 3. The van der Waals surface area contributed by atoms with E-state index < -0.39 is 18.5 Å². The van der Waals surface area contributed by atoms with Crippen LogP contribution in [0.15, 0.2) is 51.7 Å². The Balaban J connectivity index is 1.26. The zero-order valence-electron chi connectivity index (χ0n) is 15.8. The number of anilines is 1. The second kappa shape index (κ2) is 7.71. The van der Waals surface area contributed by atoms with E-state index in [2.05, 4.69) is 31.2 Å². The maximum atomic E-state index is 12.5. The van der Waals surface area contributed by atoms with Crippen LogP contribution in [0, 0.1) is 0 Å². The van der Waals surface area contributed by atoms with Crippen LogP contribution in [-0.4, -0.2) is 28.5 Å². The molecule has 2 aromatic heterocycles. The SMILES string of the molecule is O=C(COC(=O)c1cc2c(s1)-c1ccccc1OC2)Nc1cc2[nH]c(=O)[nH]c2cc1Br. The molecular weight excluding hydrogens is 486 g/mol. The molecule has 3 heterocycles. The summed E-state index contributed by atoms with van der Waals surface area (Å²) in [4.78, 5) is 42.8. The number of hydrogen-bond donors (Lipinski definition) is 3. The van der Waals surface area contributed by atoms with Crippen molar-refractivity contribution < 1.29 is 19.1 Å². The number of esters is 1. The minimum atomic E-state index is -0.573. The maximum absolute atomic E-state index is 12.5. The number of thiophene rings is 1. The summed E-state index contributed by atoms with van der Waals surface area (Å²) in [6, 6.07) is 12.7. The molecule has 8 nitrogen and oxygen atoms in total. The van der Waals surface area contributed by atoms with Gasteiger partial charge in [-0.25, -0.2) is 9.59 Å². The van der Waals surface area contributed by atoms with Crippen LogP contribution < -0.4 is 15.7 Å². The number of ether oxygens (including phenoxy) is 2. The summed E-state index contributed by atoms with van der Waals surface area (Å²) in [5.74, 6) is -0.291. The van der Waals surface area contributed by atoms with Gasteiger partial charge in [0.25, 0.3) is 5.91 Å². The number of rotatable bonds is 4. The average Bonchev–Trinajstić information content (AvgIpc) is 3.35. The van der Waals surface area contributed by atoms with E-state index in [1.54, 1.807) is 18.2 Å². The lowest BCUT2D eigenvalue weighted by Crippen LogP contribution is -2.20. The number of fused-ring (bicyclic) bond motifs is 4. The first-order chi connectivity index (χ1) is 15.0. The van der Waals surface area contributed by atoms with E-state index in [0.717, 1.165) is 21.8 Å². The molecule has 0 saturated carbocycles. The number of aromatic nitrogens is 2. The third-order valence-electron chi connectivity index (χ3n) is 4.74. The second-order valence-corrected chi connectivity index (χ2v) is 8.74. The quantitative estimate of drug-likeness (QED) is 0.366. The van der Waals surface area contributed by atoms with Gasteiger partial charge in [-0.05, 0) is 46.3 Å². The molecule has 10 heteroatoms. The molecule has 31 heavy (non-hydrogen) atoms. The monoisotopic (exact) mass is 499 g/mol. The standard InChI is InChI=1S/C21H14BrN3O5S/c22-12-6-14-15(25-21(28)24-14)7-13(12)23-18(26)9-30-20(27)17-5-10-8-29-16-4-2-1-3-11(16)19(10)31-17/h1-7H,8-9H2,(H,23,26)(H2,24,25,28). The van der Waals surface area contributed by atoms with Gasteiger partial charge in [0.15, 0.2) is 6.61 Å². The third-order valence-corrected chi connectivity index (χ3v) is 6.58. The second-order valence-electron chi connectivity index (χ2n) is 6.83. The number of benzene rings is 2. The van der Waals surface area contributed by atoms with Crippen LogP contribution >= 0.6 is 27.3 Å². The van der Waals surface area contributed by atoms with Crippen molar-refractivity contribution in [2.75, 3.05) is 11.9 Å². The number of amides is 1. The van der Waals surface area contributed by atoms with Crippen molar-refractivity contribution in [2.45, 2.75) is 6.61 Å². The molecule has 1 amide bonds. The zero-order chi connectivity index (χ0) is 21.5. The highest BCUT2D eigenvalue weighted by molar-refractivity contribution is 9.10. The molecule has 0 saturated heterocycles. The molecule has 5 rings (SSSR count). The molecule has 1 aliphatic rings. The Morgan fingerprint density at radius 3 is 2.77 bits per heavy atom. The fourth-order valence-electron chi connectivity index (χ4n) is 3.34. The lowest BCUT2D eigenvalue weighted by atomic mass is 10.1. The van der Waals surface area contributed by atoms with E-state index in [-0.39, 0.29) is 5.69 Å². The molecule has 0 fully saturated rings. The Morgan fingerprint density at radius 2 is 1.94 bits per heavy atom. The molecule has 0 atom stereocenters. The van der Waals surface area contributed by atoms with E-state index in [1.807, 2.05) is 24.3 Å². The summed E-state index contributed by atoms with van der Waals surface area (Å²) in [6.07, 6.45) is 0. The first-order valence-corrected chi connectivity index (χ1v) is 10.8. The maximum Gasteiger partial charge on any atom is 0.348 e. The fraction of sp³-hybridized carbons (Fsp3) is 0.0952. The van der Waals surface area contributed by atoms with Crippen LogP contribution in [0.4, 0.5) is 5.69 Å². The van der Waals surface area contributed by atoms with Crippen molar-refractivity contribution in [1.29, 1.82) is 0 Å². The number of H-pyrrole nitrogens is 2. The Hall–Kier alpha value is -3.37. The largest absolute Gasteiger partial charge is 0.488 e. The van der Waals surface area contributed by atoms with Gasteiger partial charge in [0.1, 0.15) is 17.2 Å². The molecule has 0 bridgehead atoms. The van der Waals surface area contributed by atoms with Crippen LogP contribution in [0.3, 0.4) is 0 Å². The summed E-state index contributed by atoms with van der Waals surface area (Å²) in [5, 5.41) is 2.66. The normalized spacial score (nSPS) is 12.0. The number of para-hydroxylation sites is 1. The van der Waals surface area contributed by atoms with Gasteiger partial charge >= 0.3 is 11.7 Å². The van der Waals surface area contributed by atoms with Crippen LogP contribution in [0.1, 0.15) is 15.2 Å². The Labute approximate surface area is 187 Å². The lowest BCUT2D eigenvalue weighted by molar-refractivity contribution is -0.119. The Bertz CT molecular complexity index is 1400. The topological polar surface area (TPSA) is 113 Å². The van der Waals surface area contributed by atoms with Gasteiger partial charge in [0, 0.05) is 20.5 Å². The zero-order valence-corrected chi connectivity index (χ0v) is 18.2. The summed E-state index contributed by atoms with van der Waals surface area (Å²) < 4.78 is 11.5. The predicted octanol–water partition coefficient (Wildman–Crippen LogP) is 4.04. The average molecular weight is 500 g/mol. The summed E-state index contributed by atoms with van der Waals surface area (Å²) >= 11 is 4.67. The molecule has 156 valence electrons. The number of carbonyl (C=O) groups is 2. The molecule has 0 unspecified atom stereocenters. The minimum Gasteiger partial charge on any atom is -0.488 e. The predicted molar refractivity (Wildman–Crippen MR) is 120 cm³/mol. The minimum absolute atomic E-state index is 0.342. The Morgan fingerprint density at radius 1 is 1.16 bits per heavy atom. The van der Waals surface area contributed by atoms with Crippen LogP contribution in [-0.2, 0) is 16.1 Å². The summed E-state index contributed by atoms with van der Waals surface area (Å²) in [7, 11) is 0. The lowest BCUT2D eigenvalue weighted by Gasteiger charge is -2.16. The Kier molecular flexibility index (Phi) is 4.87. The number of hydrogen-bond acceptors (Lipinski definition) is 6. The number of carbonyl (C=O) groups excluding carboxylic acids is 2. The number of aromatic amines is 2. The molecule has 0 radical (unpaired) electrons. The number of halogens is 1. The van der Waals surface area contributed by atoms with Crippen molar-refractivity contribution in [1.82, 2.24) is 9.97 Å². The van der Waals surface area contributed by atoms with Crippen LogP contribution in [0.2, 0.25) is 0 Å². The highest BCUT2D eigenvalue weighted by Crippen LogP contribution is 2.42. The van der Waals surface area contributed by atoms with E-state index in [9.17, 15) is 14.4 Å². The molecule has 3 N–H and O–H groups in total. The van der Waals surface area contributed by atoms with Gasteiger partial charge in [-0.3, -0.25) is 4.79 Å². The van der Waals surface area contributed by atoms with Gasteiger partial charge in [-0.2, -0.15) is 0 Å². The highest BCUT2D eigenvalue weighted by atomic mass is 79.9. The smallest absolute Gasteiger partial charge is 0.348 e. The van der Waals surface area contributed by atoms with Gasteiger partial charge in [-0.1, -0.05) is 12.1 Å². The fourth-order valence-corrected chi connectivity index (χ4v) is 4.87. The van der Waals surface area contributed by atoms with Crippen LogP contribution in [0.5, 0.6) is 5.75 Å². The van der Waals surface area contributed by atoms with E-state index in [1.165, 1.54) is 11.3 Å². The van der Waals surface area contributed by atoms with Crippen molar-refractivity contribution in [2.24, 2.45) is 0 Å². The first kappa shape index (κ1) is 19.6. The highest BCUT2D eigenvalue weighted by Gasteiger charge is 2.23. The molecule has 2 aromatic carbocycles. The molecular formula is C21H14BrN3O5S. The van der Waals surface area contributed by atoms with Gasteiger partial charge in [0.2, 0.25) is 0 Å². The molecule has 0 spiro atoms. The molecule has 0 aliphatic carbocycles. The van der Waals surface area contributed by atoms with Crippen molar-refractivity contribution in [3.63, 3.8) is 0 Å². The third kappa shape index (κ3) is 3.75. The molecule has 1 aliphatic heterocycles. The van der Waals surface area contributed by atoms with E-state index in [4.69, 9.17) is 9.47 Å². The van der Waals surface area contributed by atoms with Crippen molar-refractivity contribution in [3.05, 3.63) is 67.9 Å². The summed E-state index contributed by atoms with van der Waals surface area (Å²) in [5.41, 5.74) is 3.11. The first-order valence-electron chi connectivity index (χ1n) is 9.21. The van der Waals surface area contributed by atoms with Crippen LogP contribution in [0.25, 0.3) is 21.5 Å². The van der Waals surface area contributed by atoms with Gasteiger partial charge < -0.3 is 24.8 Å². The summed E-state index contributed by atoms with van der Waals surface area (Å²) in [6.45, 7) is -0.0585. The van der Waals surface area contributed by atoms with E-state index >= 15 is 0 Å². The van der Waals surface area contributed by atoms with E-state index in [0.29, 0.717) is 32.7 Å². The molecule has 4 aromatic rings. The van der Waals surface area contributed by atoms with Crippen molar-refractivity contribution in [3.8, 4) is 16.2 Å². The van der Waals surface area contributed by atoms with Crippen molar-refractivity contribution >= 4 is 55.9 Å².